The molecule has 2 aromatic rings. The average Bonchev–Trinajstić information content (AvgIpc) is 3.12. The van der Waals surface area contributed by atoms with E-state index >= 15 is 0 Å². The van der Waals surface area contributed by atoms with Gasteiger partial charge in [0.1, 0.15) is 5.76 Å². The summed E-state index contributed by atoms with van der Waals surface area (Å²) in [6.07, 6.45) is 6.38. The number of hydrogen-bond donors (Lipinski definition) is 2. The van der Waals surface area contributed by atoms with Crippen LogP contribution in [0.2, 0.25) is 0 Å². The number of guanidine groups is 1. The molecule has 0 spiro atoms. The Balaban J connectivity index is 1.79. The molecule has 0 radical (unpaired) electrons. The Hall–Kier alpha value is -2.50. The molecule has 2 aromatic heterocycles. The van der Waals surface area contributed by atoms with Crippen LogP contribution in [0.3, 0.4) is 0 Å². The molecule has 0 unspecified atom stereocenters. The standard InChI is InChI=1S/C18H26N4O2/c1-3-4-12-24-17-15(7-5-10-20-17)14-22-18(19-2)21-11-9-16-8-6-13-23-16/h5-8,10,13H,3-4,9,11-12,14H2,1-2H3,(H2,19,21,22). The van der Waals surface area contributed by atoms with Gasteiger partial charge in [-0.1, -0.05) is 19.4 Å². The van der Waals surface area contributed by atoms with E-state index < -0.39 is 0 Å². The Morgan fingerprint density at radius 1 is 1.29 bits per heavy atom. The molecule has 6 nitrogen and oxygen atoms in total. The molecule has 0 aromatic carbocycles. The van der Waals surface area contributed by atoms with Gasteiger partial charge in [-0.3, -0.25) is 4.99 Å². The van der Waals surface area contributed by atoms with Crippen molar-refractivity contribution in [3.05, 3.63) is 48.0 Å². The molecular weight excluding hydrogens is 304 g/mol. The van der Waals surface area contributed by atoms with Gasteiger partial charge < -0.3 is 19.8 Å². The molecule has 2 heterocycles. The number of aromatic nitrogens is 1. The lowest BCUT2D eigenvalue weighted by Gasteiger charge is -2.13. The predicted octanol–water partition coefficient (Wildman–Crippen LogP) is 2.76. The number of rotatable bonds is 9. The first kappa shape index (κ1) is 17.8. The number of unbranched alkanes of at least 4 members (excludes halogenated alkanes) is 1. The fraction of sp³-hybridized carbons (Fsp3) is 0.444. The molecule has 0 aliphatic carbocycles. The van der Waals surface area contributed by atoms with Crippen LogP contribution in [0.5, 0.6) is 5.88 Å². The van der Waals surface area contributed by atoms with Gasteiger partial charge in [0.05, 0.1) is 12.9 Å². The van der Waals surface area contributed by atoms with E-state index in [1.807, 2.05) is 24.3 Å². The molecule has 0 saturated carbocycles. The van der Waals surface area contributed by atoms with Crippen LogP contribution in [-0.2, 0) is 13.0 Å². The minimum Gasteiger partial charge on any atom is -0.477 e. The number of pyridine rings is 1. The summed E-state index contributed by atoms with van der Waals surface area (Å²) < 4.78 is 11.1. The van der Waals surface area contributed by atoms with Crippen molar-refractivity contribution in [3.8, 4) is 5.88 Å². The van der Waals surface area contributed by atoms with Gasteiger partial charge in [0, 0.05) is 38.3 Å². The second-order valence-electron chi connectivity index (χ2n) is 5.35. The first-order chi connectivity index (χ1) is 11.8. The van der Waals surface area contributed by atoms with Gasteiger partial charge >= 0.3 is 0 Å². The molecule has 0 atom stereocenters. The van der Waals surface area contributed by atoms with Crippen molar-refractivity contribution in [2.75, 3.05) is 20.2 Å². The second-order valence-corrected chi connectivity index (χ2v) is 5.35. The summed E-state index contributed by atoms with van der Waals surface area (Å²) in [5, 5.41) is 6.55. The van der Waals surface area contributed by atoms with E-state index in [0.717, 1.165) is 43.1 Å². The highest BCUT2D eigenvalue weighted by Gasteiger charge is 2.06. The molecule has 0 amide bonds. The third kappa shape index (κ3) is 5.95. The highest BCUT2D eigenvalue weighted by atomic mass is 16.5. The van der Waals surface area contributed by atoms with Crippen LogP contribution in [0.15, 0.2) is 46.1 Å². The summed E-state index contributed by atoms with van der Waals surface area (Å²) >= 11 is 0. The summed E-state index contributed by atoms with van der Waals surface area (Å²) in [5.74, 6) is 2.38. The minimum atomic E-state index is 0.607. The van der Waals surface area contributed by atoms with Crippen molar-refractivity contribution >= 4 is 5.96 Å². The second kappa shape index (κ2) is 10.3. The Kier molecular flexibility index (Phi) is 7.67. The number of ether oxygens (including phenoxy) is 1. The van der Waals surface area contributed by atoms with Gasteiger partial charge in [-0.15, -0.1) is 0 Å². The zero-order valence-corrected chi connectivity index (χ0v) is 14.4. The molecule has 2 N–H and O–H groups in total. The summed E-state index contributed by atoms with van der Waals surface area (Å²) in [7, 11) is 1.75. The lowest BCUT2D eigenvalue weighted by Crippen LogP contribution is -2.37. The Morgan fingerprint density at radius 2 is 2.21 bits per heavy atom. The quantitative estimate of drug-likeness (QED) is 0.420. The zero-order valence-electron chi connectivity index (χ0n) is 14.4. The summed E-state index contributed by atoms with van der Waals surface area (Å²) in [5.41, 5.74) is 1.02. The summed E-state index contributed by atoms with van der Waals surface area (Å²) in [6.45, 7) is 4.19. The Morgan fingerprint density at radius 3 is 2.96 bits per heavy atom. The van der Waals surface area contributed by atoms with E-state index in [-0.39, 0.29) is 0 Å². The van der Waals surface area contributed by atoms with Crippen LogP contribution in [0, 0.1) is 0 Å². The van der Waals surface area contributed by atoms with Gasteiger partial charge in [-0.2, -0.15) is 0 Å². The van der Waals surface area contributed by atoms with Crippen molar-refractivity contribution in [1.29, 1.82) is 0 Å². The van der Waals surface area contributed by atoms with Gasteiger partial charge in [-0.05, 0) is 24.6 Å². The average molecular weight is 330 g/mol. The lowest BCUT2D eigenvalue weighted by molar-refractivity contribution is 0.294. The van der Waals surface area contributed by atoms with E-state index in [1.54, 1.807) is 19.5 Å². The van der Waals surface area contributed by atoms with E-state index in [1.165, 1.54) is 0 Å². The van der Waals surface area contributed by atoms with Crippen molar-refractivity contribution in [2.24, 2.45) is 4.99 Å². The maximum Gasteiger partial charge on any atom is 0.218 e. The largest absolute Gasteiger partial charge is 0.477 e. The van der Waals surface area contributed by atoms with E-state index in [4.69, 9.17) is 9.15 Å². The molecule has 0 saturated heterocycles. The maximum atomic E-state index is 5.75. The summed E-state index contributed by atoms with van der Waals surface area (Å²) in [6, 6.07) is 7.78. The van der Waals surface area contributed by atoms with Crippen LogP contribution in [0.25, 0.3) is 0 Å². The van der Waals surface area contributed by atoms with Crippen LogP contribution in [0.1, 0.15) is 31.1 Å². The van der Waals surface area contributed by atoms with Gasteiger partial charge in [0.2, 0.25) is 5.88 Å². The van der Waals surface area contributed by atoms with Gasteiger partial charge in [0.15, 0.2) is 5.96 Å². The number of hydrogen-bond acceptors (Lipinski definition) is 4. The number of aliphatic imine (C=N–C) groups is 1. The van der Waals surface area contributed by atoms with Crippen LogP contribution in [0.4, 0.5) is 0 Å². The van der Waals surface area contributed by atoms with Crippen molar-refractivity contribution in [3.63, 3.8) is 0 Å². The fourth-order valence-corrected chi connectivity index (χ4v) is 2.16. The molecule has 0 aliphatic rings. The molecular formula is C18H26N4O2. The number of nitrogens with one attached hydrogen (secondary N) is 2. The molecule has 2 rings (SSSR count). The molecule has 6 heteroatoms. The Labute approximate surface area is 143 Å². The molecule has 24 heavy (non-hydrogen) atoms. The van der Waals surface area contributed by atoms with Gasteiger partial charge in [-0.25, -0.2) is 4.98 Å². The molecule has 0 fully saturated rings. The first-order valence-corrected chi connectivity index (χ1v) is 8.37. The smallest absolute Gasteiger partial charge is 0.218 e. The third-order valence-electron chi connectivity index (χ3n) is 3.50. The van der Waals surface area contributed by atoms with Gasteiger partial charge in [0.25, 0.3) is 0 Å². The fourth-order valence-electron chi connectivity index (χ4n) is 2.16. The van der Waals surface area contributed by atoms with E-state index in [9.17, 15) is 0 Å². The number of nitrogens with zero attached hydrogens (tertiary/aromatic N) is 2. The molecule has 0 aliphatic heterocycles. The predicted molar refractivity (Wildman–Crippen MR) is 95.3 cm³/mol. The summed E-state index contributed by atoms with van der Waals surface area (Å²) in [4.78, 5) is 8.54. The third-order valence-corrected chi connectivity index (χ3v) is 3.50. The SMILES string of the molecule is CCCCOc1ncccc1CNC(=NC)NCCc1ccco1. The molecule has 0 bridgehead atoms. The topological polar surface area (TPSA) is 71.7 Å². The van der Waals surface area contributed by atoms with Crippen LogP contribution in [-0.4, -0.2) is 31.1 Å². The number of furan rings is 1. The van der Waals surface area contributed by atoms with E-state index in [2.05, 4.69) is 27.5 Å². The van der Waals surface area contributed by atoms with Crippen molar-refractivity contribution in [1.82, 2.24) is 15.6 Å². The van der Waals surface area contributed by atoms with E-state index in [0.29, 0.717) is 19.0 Å². The molecule has 130 valence electrons. The minimum absolute atomic E-state index is 0.607. The first-order valence-electron chi connectivity index (χ1n) is 8.37. The van der Waals surface area contributed by atoms with Crippen LogP contribution < -0.4 is 15.4 Å². The normalized spacial score (nSPS) is 11.3. The Bertz CT molecular complexity index is 611. The maximum absolute atomic E-state index is 5.75. The lowest BCUT2D eigenvalue weighted by atomic mass is 10.2. The zero-order chi connectivity index (χ0) is 17.0. The van der Waals surface area contributed by atoms with Crippen LogP contribution >= 0.6 is 0 Å². The monoisotopic (exact) mass is 330 g/mol. The van der Waals surface area contributed by atoms with Crippen molar-refractivity contribution < 1.29 is 9.15 Å². The van der Waals surface area contributed by atoms with Crippen molar-refractivity contribution in [2.45, 2.75) is 32.7 Å². The highest BCUT2D eigenvalue weighted by molar-refractivity contribution is 5.79. The highest BCUT2D eigenvalue weighted by Crippen LogP contribution is 2.14.